The van der Waals surface area contributed by atoms with Gasteiger partial charge in [-0.2, -0.15) is 13.2 Å². The van der Waals surface area contributed by atoms with Gasteiger partial charge >= 0.3 is 12.1 Å². The number of alkyl halides is 3. The first-order valence-electron chi connectivity index (χ1n) is 11.4. The van der Waals surface area contributed by atoms with Crippen molar-refractivity contribution in [3.63, 3.8) is 0 Å². The summed E-state index contributed by atoms with van der Waals surface area (Å²) in [5, 5.41) is 7.12. The Balaban J connectivity index is 0.000000479. The predicted octanol–water partition coefficient (Wildman–Crippen LogP) is 7.73. The van der Waals surface area contributed by atoms with Crippen LogP contribution in [0.4, 0.5) is 13.2 Å². The van der Waals surface area contributed by atoms with E-state index in [0.29, 0.717) is 11.8 Å². The Kier molecular flexibility index (Phi) is 9.26. The van der Waals surface area contributed by atoms with Crippen LogP contribution in [0.25, 0.3) is 11.1 Å². The van der Waals surface area contributed by atoms with Crippen LogP contribution in [0.15, 0.2) is 48.5 Å². The van der Waals surface area contributed by atoms with E-state index in [1.165, 1.54) is 49.7 Å². The number of hydrogen-bond acceptors (Lipinski definition) is 2. The first-order valence-corrected chi connectivity index (χ1v) is 11.4. The zero-order valence-electron chi connectivity index (χ0n) is 19.5. The van der Waals surface area contributed by atoms with Crippen molar-refractivity contribution in [2.24, 2.45) is 11.3 Å². The summed E-state index contributed by atoms with van der Waals surface area (Å²) in [5.41, 5.74) is 5.13. The van der Waals surface area contributed by atoms with Crippen LogP contribution in [-0.2, 0) is 11.2 Å². The van der Waals surface area contributed by atoms with E-state index in [2.05, 4.69) is 44.2 Å². The van der Waals surface area contributed by atoms with Crippen molar-refractivity contribution in [2.45, 2.75) is 71.9 Å². The Morgan fingerprint density at radius 3 is 2.09 bits per heavy atom. The molecule has 3 nitrogen and oxygen atoms in total. The largest absolute Gasteiger partial charge is 0.490 e. The van der Waals surface area contributed by atoms with Gasteiger partial charge in [0.05, 0.1) is 0 Å². The molecule has 0 aliphatic heterocycles. The van der Waals surface area contributed by atoms with Gasteiger partial charge in [0, 0.05) is 12.0 Å². The number of Topliss-reactive ketones (excluding diaryl/α,β-unsaturated/α-hetero) is 1. The molecule has 1 N–H and O–H groups in total. The molecule has 0 amide bonds. The van der Waals surface area contributed by atoms with Gasteiger partial charge in [0.1, 0.15) is 0 Å². The third-order valence-corrected chi connectivity index (χ3v) is 6.34. The quantitative estimate of drug-likeness (QED) is 0.447. The lowest BCUT2D eigenvalue weighted by molar-refractivity contribution is -0.192. The van der Waals surface area contributed by atoms with Crippen LogP contribution >= 0.6 is 0 Å². The smallest absolute Gasteiger partial charge is 0.475 e. The molecule has 2 aromatic carbocycles. The zero-order valence-corrected chi connectivity index (χ0v) is 19.5. The molecule has 33 heavy (non-hydrogen) atoms. The first kappa shape index (κ1) is 26.6. The minimum atomic E-state index is -5.08. The Morgan fingerprint density at radius 1 is 1.00 bits per heavy atom. The van der Waals surface area contributed by atoms with Gasteiger partial charge in [0.2, 0.25) is 0 Å². The second-order valence-electron chi connectivity index (χ2n) is 9.50. The van der Waals surface area contributed by atoms with Crippen LogP contribution in [-0.4, -0.2) is 23.0 Å². The fraction of sp³-hybridized carbons (Fsp3) is 0.481. The maximum atomic E-state index is 11.9. The van der Waals surface area contributed by atoms with E-state index in [1.807, 2.05) is 25.1 Å². The lowest BCUT2D eigenvalue weighted by atomic mass is 9.72. The maximum absolute atomic E-state index is 11.9. The Hall–Kier alpha value is -2.63. The van der Waals surface area contributed by atoms with Gasteiger partial charge in [-0.1, -0.05) is 63.2 Å². The molecule has 0 bridgehead atoms. The Labute approximate surface area is 194 Å². The fourth-order valence-corrected chi connectivity index (χ4v) is 4.06. The summed E-state index contributed by atoms with van der Waals surface area (Å²) in [7, 11) is 0. The SMILES string of the molecule is CCC(=O)c1cccc(-c2ccc(CCC3CCC(C)(C)CC3)cc2)c1.O=C(O)C(F)(F)F. The topological polar surface area (TPSA) is 54.4 Å². The number of rotatable bonds is 6. The van der Waals surface area contributed by atoms with Crippen LogP contribution in [0.5, 0.6) is 0 Å². The van der Waals surface area contributed by atoms with Crippen LogP contribution in [0.2, 0.25) is 0 Å². The minimum Gasteiger partial charge on any atom is -0.475 e. The highest BCUT2D eigenvalue weighted by molar-refractivity contribution is 5.97. The van der Waals surface area contributed by atoms with Gasteiger partial charge in [0.15, 0.2) is 5.78 Å². The van der Waals surface area contributed by atoms with E-state index < -0.39 is 12.1 Å². The molecule has 2 aromatic rings. The number of ketones is 1. The monoisotopic (exact) mass is 462 g/mol. The standard InChI is InChI=1S/C25H32O.C2HF3O2/c1-4-24(26)23-7-5-6-22(18-23)21-12-10-19(11-13-21)8-9-20-14-16-25(2,3)17-15-20;3-2(4,5)1(6)7/h5-7,10-13,18,20H,4,8-9,14-17H2,1-3H3;(H,6,7). The van der Waals surface area contributed by atoms with Gasteiger partial charge in [0.25, 0.3) is 0 Å². The molecule has 0 spiro atoms. The number of hydrogen-bond donors (Lipinski definition) is 1. The molecule has 0 heterocycles. The summed E-state index contributed by atoms with van der Waals surface area (Å²) in [5.74, 6) is -1.65. The first-order chi connectivity index (χ1) is 15.4. The Morgan fingerprint density at radius 2 is 1.58 bits per heavy atom. The van der Waals surface area contributed by atoms with Crippen molar-refractivity contribution >= 4 is 11.8 Å². The number of benzene rings is 2. The van der Waals surface area contributed by atoms with Crippen molar-refractivity contribution in [1.82, 2.24) is 0 Å². The van der Waals surface area contributed by atoms with Gasteiger partial charge in [-0.15, -0.1) is 0 Å². The predicted molar refractivity (Wildman–Crippen MR) is 124 cm³/mol. The maximum Gasteiger partial charge on any atom is 0.490 e. The van der Waals surface area contributed by atoms with E-state index in [9.17, 15) is 18.0 Å². The minimum absolute atomic E-state index is 0.208. The molecule has 0 aromatic heterocycles. The Bertz CT molecular complexity index is 920. The number of carbonyl (C=O) groups is 2. The molecule has 3 rings (SSSR count). The lowest BCUT2D eigenvalue weighted by Crippen LogP contribution is -2.21. The summed E-state index contributed by atoms with van der Waals surface area (Å²) in [6, 6.07) is 16.9. The average molecular weight is 463 g/mol. The van der Waals surface area contributed by atoms with Gasteiger partial charge in [-0.3, -0.25) is 4.79 Å². The van der Waals surface area contributed by atoms with Crippen molar-refractivity contribution in [3.05, 3.63) is 59.7 Å². The molecular formula is C27H33F3O3. The molecule has 6 heteroatoms. The zero-order chi connectivity index (χ0) is 24.6. The molecule has 1 aliphatic carbocycles. The highest BCUT2D eigenvalue weighted by atomic mass is 19.4. The van der Waals surface area contributed by atoms with Crippen molar-refractivity contribution in [2.75, 3.05) is 0 Å². The molecular weight excluding hydrogens is 429 g/mol. The third kappa shape index (κ3) is 8.67. The second kappa shape index (κ2) is 11.5. The number of aryl methyl sites for hydroxylation is 1. The molecule has 0 atom stereocenters. The summed E-state index contributed by atoms with van der Waals surface area (Å²) >= 11 is 0. The van der Waals surface area contributed by atoms with Crippen LogP contribution < -0.4 is 0 Å². The van der Waals surface area contributed by atoms with E-state index >= 15 is 0 Å². The number of carbonyl (C=O) groups excluding carboxylic acids is 1. The lowest BCUT2D eigenvalue weighted by Gasteiger charge is -2.34. The third-order valence-electron chi connectivity index (χ3n) is 6.34. The van der Waals surface area contributed by atoms with E-state index in [1.54, 1.807) is 0 Å². The molecule has 1 fully saturated rings. The number of aliphatic carboxylic acids is 1. The van der Waals surface area contributed by atoms with E-state index in [-0.39, 0.29) is 5.78 Å². The summed E-state index contributed by atoms with van der Waals surface area (Å²) < 4.78 is 31.7. The second-order valence-corrected chi connectivity index (χ2v) is 9.50. The highest BCUT2D eigenvalue weighted by Gasteiger charge is 2.38. The number of carboxylic acid groups (broad SMARTS) is 1. The molecule has 0 unspecified atom stereocenters. The van der Waals surface area contributed by atoms with Gasteiger partial charge < -0.3 is 5.11 Å². The summed E-state index contributed by atoms with van der Waals surface area (Å²) in [6.45, 7) is 6.73. The fourth-order valence-electron chi connectivity index (χ4n) is 4.06. The molecule has 1 aliphatic rings. The van der Waals surface area contributed by atoms with E-state index in [4.69, 9.17) is 9.90 Å². The highest BCUT2D eigenvalue weighted by Crippen LogP contribution is 2.39. The van der Waals surface area contributed by atoms with Crippen molar-refractivity contribution in [3.8, 4) is 11.1 Å². The van der Waals surface area contributed by atoms with Gasteiger partial charge in [-0.05, 0) is 72.6 Å². The summed E-state index contributed by atoms with van der Waals surface area (Å²) in [6.07, 6.45) is 3.51. The summed E-state index contributed by atoms with van der Waals surface area (Å²) in [4.78, 5) is 20.8. The van der Waals surface area contributed by atoms with Crippen LogP contribution in [0.3, 0.4) is 0 Å². The van der Waals surface area contributed by atoms with E-state index in [0.717, 1.165) is 17.0 Å². The number of carboxylic acids is 1. The van der Waals surface area contributed by atoms with Crippen molar-refractivity contribution < 1.29 is 27.9 Å². The van der Waals surface area contributed by atoms with Gasteiger partial charge in [-0.25, -0.2) is 4.79 Å². The normalized spacial score (nSPS) is 15.9. The average Bonchev–Trinajstić information content (AvgIpc) is 2.78. The molecule has 180 valence electrons. The molecule has 0 radical (unpaired) electrons. The molecule has 0 saturated heterocycles. The molecule has 1 saturated carbocycles. The van der Waals surface area contributed by atoms with Crippen molar-refractivity contribution in [1.29, 1.82) is 0 Å². The van der Waals surface area contributed by atoms with Crippen LogP contribution in [0.1, 0.15) is 75.2 Å². The van der Waals surface area contributed by atoms with Crippen LogP contribution in [0, 0.1) is 11.3 Å². The number of halogens is 3.